The highest BCUT2D eigenvalue weighted by atomic mass is 35.5. The molecule has 0 saturated carbocycles. The van der Waals surface area contributed by atoms with E-state index in [4.69, 9.17) is 16.3 Å². The van der Waals surface area contributed by atoms with E-state index >= 15 is 0 Å². The number of ether oxygens (including phenoxy) is 1. The predicted octanol–water partition coefficient (Wildman–Crippen LogP) is 3.51. The Morgan fingerprint density at radius 3 is 2.65 bits per heavy atom. The number of hydrogen-bond acceptors (Lipinski definition) is 4. The Kier molecular flexibility index (Phi) is 5.96. The maximum atomic E-state index is 12.3. The normalized spacial score (nSPS) is 16.1. The third-order valence-corrected chi connectivity index (χ3v) is 6.33. The number of rotatable bonds is 4. The summed E-state index contributed by atoms with van der Waals surface area (Å²) < 4.78 is 5.48. The standard InChI is InChI=1S/C19H21ClN2O3S/c1-13-14(20)4-2-5-15(13)22-18(24)17(23)21-12-19(7-9-25-10-8-19)16-6-3-11-26-16/h2-6,11H,7-10,12H2,1H3,(H,21,23)(H,22,24). The van der Waals surface area contributed by atoms with Gasteiger partial charge < -0.3 is 15.4 Å². The SMILES string of the molecule is Cc1c(Cl)cccc1NC(=O)C(=O)NCC1(c2cccs2)CCOCC1. The molecule has 7 heteroatoms. The van der Waals surface area contributed by atoms with Gasteiger partial charge in [-0.25, -0.2) is 0 Å². The molecule has 138 valence electrons. The van der Waals surface area contributed by atoms with Crippen LogP contribution in [0.4, 0.5) is 5.69 Å². The highest BCUT2D eigenvalue weighted by molar-refractivity contribution is 7.10. The molecule has 0 atom stereocenters. The second kappa shape index (κ2) is 8.20. The molecule has 1 fully saturated rings. The number of hydrogen-bond donors (Lipinski definition) is 2. The van der Waals surface area contributed by atoms with E-state index in [9.17, 15) is 9.59 Å². The lowest BCUT2D eigenvalue weighted by Gasteiger charge is -2.36. The predicted molar refractivity (Wildman–Crippen MR) is 104 cm³/mol. The molecule has 1 aliphatic heterocycles. The van der Waals surface area contributed by atoms with Gasteiger partial charge in [0.2, 0.25) is 0 Å². The van der Waals surface area contributed by atoms with Crippen LogP contribution < -0.4 is 10.6 Å². The van der Waals surface area contributed by atoms with Crippen molar-refractivity contribution in [1.29, 1.82) is 0 Å². The lowest BCUT2D eigenvalue weighted by atomic mass is 9.78. The molecule has 0 aliphatic carbocycles. The van der Waals surface area contributed by atoms with Crippen molar-refractivity contribution in [1.82, 2.24) is 5.32 Å². The monoisotopic (exact) mass is 392 g/mol. The van der Waals surface area contributed by atoms with Crippen LogP contribution in [0.2, 0.25) is 5.02 Å². The zero-order chi connectivity index (χ0) is 18.6. The summed E-state index contributed by atoms with van der Waals surface area (Å²) >= 11 is 7.72. The van der Waals surface area contributed by atoms with Gasteiger partial charge in [-0.05, 0) is 48.9 Å². The van der Waals surface area contributed by atoms with Crippen LogP contribution in [0, 0.1) is 6.92 Å². The van der Waals surface area contributed by atoms with E-state index in [2.05, 4.69) is 16.7 Å². The fraction of sp³-hybridized carbons (Fsp3) is 0.368. The topological polar surface area (TPSA) is 67.4 Å². The minimum absolute atomic E-state index is 0.172. The minimum atomic E-state index is -0.691. The first-order valence-electron chi connectivity index (χ1n) is 8.48. The van der Waals surface area contributed by atoms with Crippen molar-refractivity contribution in [3.8, 4) is 0 Å². The first-order chi connectivity index (χ1) is 12.5. The first-order valence-corrected chi connectivity index (χ1v) is 9.74. The number of halogens is 1. The molecule has 2 N–H and O–H groups in total. The Bertz CT molecular complexity index is 786. The number of benzene rings is 1. The van der Waals surface area contributed by atoms with Gasteiger partial charge in [-0.2, -0.15) is 0 Å². The number of thiophene rings is 1. The van der Waals surface area contributed by atoms with Gasteiger partial charge in [0, 0.05) is 40.8 Å². The summed E-state index contributed by atoms with van der Waals surface area (Å²) in [6.07, 6.45) is 1.64. The van der Waals surface area contributed by atoms with Crippen LogP contribution in [0.15, 0.2) is 35.7 Å². The third-order valence-electron chi connectivity index (χ3n) is 4.80. The van der Waals surface area contributed by atoms with Gasteiger partial charge in [-0.1, -0.05) is 23.7 Å². The Morgan fingerprint density at radius 2 is 1.96 bits per heavy atom. The van der Waals surface area contributed by atoms with Crippen molar-refractivity contribution < 1.29 is 14.3 Å². The average Bonchev–Trinajstić information content (AvgIpc) is 3.19. The van der Waals surface area contributed by atoms with Gasteiger partial charge in [0.15, 0.2) is 0 Å². The van der Waals surface area contributed by atoms with E-state index in [1.807, 2.05) is 11.4 Å². The van der Waals surface area contributed by atoms with Gasteiger partial charge in [0.1, 0.15) is 0 Å². The molecule has 2 amide bonds. The average molecular weight is 393 g/mol. The van der Waals surface area contributed by atoms with Crippen LogP contribution in [-0.2, 0) is 19.7 Å². The van der Waals surface area contributed by atoms with Crippen LogP contribution >= 0.6 is 22.9 Å². The van der Waals surface area contributed by atoms with Gasteiger partial charge in [-0.15, -0.1) is 11.3 Å². The molecule has 5 nitrogen and oxygen atoms in total. The molecule has 2 aromatic rings. The Hall–Kier alpha value is -1.89. The van der Waals surface area contributed by atoms with Crippen LogP contribution in [-0.4, -0.2) is 31.6 Å². The van der Waals surface area contributed by atoms with Crippen molar-refractivity contribution in [3.05, 3.63) is 51.2 Å². The molecule has 26 heavy (non-hydrogen) atoms. The smallest absolute Gasteiger partial charge is 0.313 e. The van der Waals surface area contributed by atoms with Crippen LogP contribution in [0.3, 0.4) is 0 Å². The molecule has 0 unspecified atom stereocenters. The van der Waals surface area contributed by atoms with E-state index in [1.165, 1.54) is 4.88 Å². The van der Waals surface area contributed by atoms with E-state index in [0.29, 0.717) is 30.5 Å². The molecular formula is C19H21ClN2O3S. The number of amides is 2. The fourth-order valence-corrected chi connectivity index (χ4v) is 4.27. The lowest BCUT2D eigenvalue weighted by Crippen LogP contribution is -2.46. The van der Waals surface area contributed by atoms with Gasteiger partial charge in [0.25, 0.3) is 0 Å². The molecule has 1 saturated heterocycles. The molecule has 1 aromatic carbocycles. The molecular weight excluding hydrogens is 372 g/mol. The van der Waals surface area contributed by atoms with Gasteiger partial charge in [0.05, 0.1) is 0 Å². The van der Waals surface area contributed by atoms with Crippen molar-refractivity contribution in [2.45, 2.75) is 25.2 Å². The maximum Gasteiger partial charge on any atom is 0.313 e. The number of nitrogens with one attached hydrogen (secondary N) is 2. The molecule has 0 radical (unpaired) electrons. The van der Waals surface area contributed by atoms with Crippen LogP contribution in [0.1, 0.15) is 23.3 Å². The van der Waals surface area contributed by atoms with Crippen LogP contribution in [0.25, 0.3) is 0 Å². The van der Waals surface area contributed by atoms with E-state index in [-0.39, 0.29) is 5.41 Å². The van der Waals surface area contributed by atoms with E-state index in [1.54, 1.807) is 36.5 Å². The van der Waals surface area contributed by atoms with Gasteiger partial charge in [-0.3, -0.25) is 9.59 Å². The zero-order valence-electron chi connectivity index (χ0n) is 14.5. The van der Waals surface area contributed by atoms with E-state index < -0.39 is 11.8 Å². The first kappa shape index (κ1) is 18.9. The summed E-state index contributed by atoms with van der Waals surface area (Å²) in [6, 6.07) is 9.28. The quantitative estimate of drug-likeness (QED) is 0.782. The lowest BCUT2D eigenvalue weighted by molar-refractivity contribution is -0.136. The molecule has 3 rings (SSSR count). The highest BCUT2D eigenvalue weighted by Crippen LogP contribution is 2.37. The Labute approximate surface area is 161 Å². The second-order valence-electron chi connectivity index (χ2n) is 6.42. The van der Waals surface area contributed by atoms with Crippen molar-refractivity contribution >= 4 is 40.4 Å². The number of carbonyl (C=O) groups is 2. The van der Waals surface area contributed by atoms with E-state index in [0.717, 1.165) is 18.4 Å². The number of carbonyl (C=O) groups excluding carboxylic acids is 2. The largest absolute Gasteiger partial charge is 0.381 e. The maximum absolute atomic E-state index is 12.3. The third kappa shape index (κ3) is 4.09. The highest BCUT2D eigenvalue weighted by Gasteiger charge is 2.36. The summed E-state index contributed by atoms with van der Waals surface area (Å²) in [5.74, 6) is -1.34. The molecule has 1 aliphatic rings. The second-order valence-corrected chi connectivity index (χ2v) is 7.77. The van der Waals surface area contributed by atoms with Crippen molar-refractivity contribution in [2.75, 3.05) is 25.1 Å². The van der Waals surface area contributed by atoms with Crippen LogP contribution in [0.5, 0.6) is 0 Å². The summed E-state index contributed by atoms with van der Waals surface area (Å²) in [4.78, 5) is 25.8. The minimum Gasteiger partial charge on any atom is -0.381 e. The molecule has 1 aromatic heterocycles. The number of anilines is 1. The Balaban J connectivity index is 1.65. The van der Waals surface area contributed by atoms with Crippen molar-refractivity contribution in [2.24, 2.45) is 0 Å². The zero-order valence-corrected chi connectivity index (χ0v) is 16.1. The summed E-state index contributed by atoms with van der Waals surface area (Å²) in [5.41, 5.74) is 1.10. The fourth-order valence-electron chi connectivity index (χ4n) is 3.10. The van der Waals surface area contributed by atoms with Gasteiger partial charge >= 0.3 is 11.8 Å². The molecule has 2 heterocycles. The molecule has 0 spiro atoms. The summed E-state index contributed by atoms with van der Waals surface area (Å²) in [7, 11) is 0. The Morgan fingerprint density at radius 1 is 1.19 bits per heavy atom. The van der Waals surface area contributed by atoms with Crippen molar-refractivity contribution in [3.63, 3.8) is 0 Å². The molecule has 0 bridgehead atoms. The summed E-state index contributed by atoms with van der Waals surface area (Å²) in [5, 5.41) is 8.01. The summed E-state index contributed by atoms with van der Waals surface area (Å²) in [6.45, 7) is 3.52.